The molecule has 3 fully saturated rings. The second-order valence-corrected chi connectivity index (χ2v) is 7.34. The standard InChI is InChI=1S/C17H26N4/c1-21(11-14-7-12-2-3-13(14)6-12)17-10-18-8-16(20-17)9-19-15-4-5-15/h8,10,12-15,19H,2-7,9,11H2,1H3. The van der Waals surface area contributed by atoms with Gasteiger partial charge in [0.15, 0.2) is 0 Å². The van der Waals surface area contributed by atoms with Crippen LogP contribution >= 0.6 is 0 Å². The van der Waals surface area contributed by atoms with Crippen LogP contribution in [0.15, 0.2) is 12.4 Å². The molecule has 0 aliphatic heterocycles. The zero-order valence-electron chi connectivity index (χ0n) is 13.0. The lowest BCUT2D eigenvalue weighted by Gasteiger charge is -2.27. The molecule has 0 amide bonds. The van der Waals surface area contributed by atoms with E-state index in [1.165, 1.54) is 38.5 Å². The van der Waals surface area contributed by atoms with Crippen molar-refractivity contribution >= 4 is 5.82 Å². The second-order valence-electron chi connectivity index (χ2n) is 7.34. The molecule has 3 aliphatic rings. The highest BCUT2D eigenvalue weighted by Crippen LogP contribution is 2.48. The third-order valence-corrected chi connectivity index (χ3v) is 5.60. The average Bonchev–Trinajstić information content (AvgIpc) is 3.11. The molecule has 4 nitrogen and oxygen atoms in total. The molecule has 4 rings (SSSR count). The minimum absolute atomic E-state index is 0.724. The molecule has 21 heavy (non-hydrogen) atoms. The zero-order chi connectivity index (χ0) is 14.2. The summed E-state index contributed by atoms with van der Waals surface area (Å²) in [6.45, 7) is 2.00. The first-order valence-electron chi connectivity index (χ1n) is 8.53. The van der Waals surface area contributed by atoms with Crippen LogP contribution in [0.5, 0.6) is 0 Å². The van der Waals surface area contributed by atoms with Gasteiger partial charge in [0.25, 0.3) is 0 Å². The highest BCUT2D eigenvalue weighted by atomic mass is 15.2. The molecule has 2 bridgehead atoms. The van der Waals surface area contributed by atoms with Crippen LogP contribution in [0, 0.1) is 17.8 Å². The molecule has 3 aliphatic carbocycles. The lowest BCUT2D eigenvalue weighted by atomic mass is 9.88. The molecule has 114 valence electrons. The monoisotopic (exact) mass is 286 g/mol. The maximum atomic E-state index is 4.78. The molecule has 4 heteroatoms. The van der Waals surface area contributed by atoms with E-state index in [-0.39, 0.29) is 0 Å². The van der Waals surface area contributed by atoms with Crippen LogP contribution in [0.2, 0.25) is 0 Å². The number of nitrogens with zero attached hydrogens (tertiary/aromatic N) is 3. The van der Waals surface area contributed by atoms with Crippen LogP contribution < -0.4 is 10.2 Å². The number of rotatable bonds is 6. The van der Waals surface area contributed by atoms with Gasteiger partial charge in [-0.2, -0.15) is 0 Å². The van der Waals surface area contributed by atoms with Crippen molar-refractivity contribution in [3.05, 3.63) is 18.1 Å². The van der Waals surface area contributed by atoms with Crippen LogP contribution in [-0.2, 0) is 6.54 Å². The topological polar surface area (TPSA) is 41.1 Å². The number of nitrogens with one attached hydrogen (secondary N) is 1. The molecular formula is C17H26N4. The Morgan fingerprint density at radius 3 is 2.81 bits per heavy atom. The van der Waals surface area contributed by atoms with E-state index >= 15 is 0 Å². The average molecular weight is 286 g/mol. The third-order valence-electron chi connectivity index (χ3n) is 5.60. The SMILES string of the molecule is CN(CC1CC2CCC1C2)c1cncc(CNC2CC2)n1. The van der Waals surface area contributed by atoms with Gasteiger partial charge in [-0.1, -0.05) is 6.42 Å². The molecule has 3 unspecified atom stereocenters. The minimum atomic E-state index is 0.724. The smallest absolute Gasteiger partial charge is 0.147 e. The summed E-state index contributed by atoms with van der Waals surface area (Å²) in [7, 11) is 2.17. The van der Waals surface area contributed by atoms with Gasteiger partial charge in [0.2, 0.25) is 0 Å². The Morgan fingerprint density at radius 2 is 2.10 bits per heavy atom. The zero-order valence-corrected chi connectivity index (χ0v) is 13.0. The molecule has 1 aromatic heterocycles. The van der Waals surface area contributed by atoms with Gasteiger partial charge >= 0.3 is 0 Å². The maximum Gasteiger partial charge on any atom is 0.147 e. The van der Waals surface area contributed by atoms with E-state index in [0.29, 0.717) is 0 Å². The van der Waals surface area contributed by atoms with E-state index < -0.39 is 0 Å². The Labute approximate surface area is 127 Å². The van der Waals surface area contributed by atoms with Crippen molar-refractivity contribution in [1.29, 1.82) is 0 Å². The first kappa shape index (κ1) is 13.5. The molecule has 0 spiro atoms. The maximum absolute atomic E-state index is 4.78. The first-order chi connectivity index (χ1) is 10.3. The number of anilines is 1. The van der Waals surface area contributed by atoms with E-state index in [1.807, 2.05) is 12.4 Å². The molecule has 1 N–H and O–H groups in total. The van der Waals surface area contributed by atoms with Crippen molar-refractivity contribution < 1.29 is 0 Å². The van der Waals surface area contributed by atoms with E-state index in [9.17, 15) is 0 Å². The minimum Gasteiger partial charge on any atom is -0.358 e. The summed E-state index contributed by atoms with van der Waals surface area (Å²) in [5.74, 6) is 3.91. The molecule has 0 radical (unpaired) electrons. The summed E-state index contributed by atoms with van der Waals surface area (Å²) in [5.41, 5.74) is 1.07. The lowest BCUT2D eigenvalue weighted by Crippen LogP contribution is -2.29. The number of hydrogen-bond donors (Lipinski definition) is 1. The molecule has 1 heterocycles. The second kappa shape index (κ2) is 5.56. The molecule has 1 aromatic rings. The van der Waals surface area contributed by atoms with Crippen molar-refractivity contribution in [2.45, 2.75) is 51.1 Å². The van der Waals surface area contributed by atoms with Gasteiger partial charge in [0.1, 0.15) is 5.82 Å². The van der Waals surface area contributed by atoms with Crippen molar-refractivity contribution in [3.8, 4) is 0 Å². The normalized spacial score (nSPS) is 30.8. The van der Waals surface area contributed by atoms with Crippen LogP contribution in [0.25, 0.3) is 0 Å². The summed E-state index contributed by atoms with van der Waals surface area (Å²) >= 11 is 0. The van der Waals surface area contributed by atoms with E-state index in [4.69, 9.17) is 4.98 Å². The number of fused-ring (bicyclic) bond motifs is 2. The summed E-state index contributed by atoms with van der Waals surface area (Å²) in [4.78, 5) is 11.5. The van der Waals surface area contributed by atoms with Gasteiger partial charge in [-0.25, -0.2) is 4.98 Å². The van der Waals surface area contributed by atoms with Crippen molar-refractivity contribution in [2.24, 2.45) is 17.8 Å². The van der Waals surface area contributed by atoms with E-state index in [1.54, 1.807) is 0 Å². The highest BCUT2D eigenvalue weighted by molar-refractivity contribution is 5.35. The summed E-state index contributed by atoms with van der Waals surface area (Å²) in [6, 6.07) is 0.724. The Kier molecular flexibility index (Phi) is 3.57. The molecule has 0 aromatic carbocycles. The number of aromatic nitrogens is 2. The van der Waals surface area contributed by atoms with Crippen LogP contribution in [-0.4, -0.2) is 29.6 Å². The van der Waals surface area contributed by atoms with Gasteiger partial charge in [0.05, 0.1) is 11.9 Å². The van der Waals surface area contributed by atoms with Crippen LogP contribution in [0.3, 0.4) is 0 Å². The lowest BCUT2D eigenvalue weighted by molar-refractivity contribution is 0.337. The Morgan fingerprint density at radius 1 is 1.19 bits per heavy atom. The van der Waals surface area contributed by atoms with Gasteiger partial charge in [-0.05, 0) is 49.9 Å². The largest absolute Gasteiger partial charge is 0.358 e. The first-order valence-corrected chi connectivity index (χ1v) is 8.53. The van der Waals surface area contributed by atoms with Gasteiger partial charge in [-0.15, -0.1) is 0 Å². The summed E-state index contributed by atoms with van der Waals surface area (Å²) in [6.07, 6.45) is 12.3. The van der Waals surface area contributed by atoms with Crippen molar-refractivity contribution in [2.75, 3.05) is 18.5 Å². The van der Waals surface area contributed by atoms with Crippen LogP contribution in [0.4, 0.5) is 5.82 Å². The Balaban J connectivity index is 1.36. The number of hydrogen-bond acceptors (Lipinski definition) is 4. The molecule has 0 saturated heterocycles. The van der Waals surface area contributed by atoms with Crippen LogP contribution in [0.1, 0.15) is 44.2 Å². The fraction of sp³-hybridized carbons (Fsp3) is 0.765. The summed E-state index contributed by atoms with van der Waals surface area (Å²) in [5, 5.41) is 3.51. The summed E-state index contributed by atoms with van der Waals surface area (Å²) < 4.78 is 0. The predicted octanol–water partition coefficient (Wildman–Crippen LogP) is 2.60. The predicted molar refractivity (Wildman–Crippen MR) is 84.1 cm³/mol. The fourth-order valence-corrected chi connectivity index (χ4v) is 4.25. The van der Waals surface area contributed by atoms with Gasteiger partial charge in [0, 0.05) is 32.4 Å². The molecule has 3 atom stereocenters. The van der Waals surface area contributed by atoms with Crippen molar-refractivity contribution in [1.82, 2.24) is 15.3 Å². The molecule has 3 saturated carbocycles. The van der Waals surface area contributed by atoms with Gasteiger partial charge < -0.3 is 10.2 Å². The third kappa shape index (κ3) is 3.05. The fourth-order valence-electron chi connectivity index (χ4n) is 4.25. The highest BCUT2D eigenvalue weighted by Gasteiger charge is 2.39. The quantitative estimate of drug-likeness (QED) is 0.873. The Bertz CT molecular complexity index is 499. The van der Waals surface area contributed by atoms with E-state index in [2.05, 4.69) is 22.2 Å². The van der Waals surface area contributed by atoms with E-state index in [0.717, 1.165) is 48.4 Å². The van der Waals surface area contributed by atoms with Crippen molar-refractivity contribution in [3.63, 3.8) is 0 Å². The Hall–Kier alpha value is -1.16. The molecular weight excluding hydrogens is 260 g/mol. The van der Waals surface area contributed by atoms with Gasteiger partial charge in [-0.3, -0.25) is 4.98 Å².